The molecule has 6 nitrogen and oxygen atoms in total. The maximum atomic E-state index is 12.4. The summed E-state index contributed by atoms with van der Waals surface area (Å²) in [6, 6.07) is 5.23. The second kappa shape index (κ2) is 8.85. The van der Waals surface area contributed by atoms with Crippen LogP contribution in [0.15, 0.2) is 24.3 Å². The van der Waals surface area contributed by atoms with Crippen molar-refractivity contribution in [3.05, 3.63) is 34.9 Å². The van der Waals surface area contributed by atoms with Gasteiger partial charge in [-0.15, -0.1) is 0 Å². The summed E-state index contributed by atoms with van der Waals surface area (Å²) in [6.07, 6.45) is 3.53. The highest BCUT2D eigenvalue weighted by Gasteiger charge is 2.27. The number of rotatable bonds is 7. The molecule has 0 aromatic heterocycles. The quantitative estimate of drug-likeness (QED) is 0.691. The lowest BCUT2D eigenvalue weighted by Crippen LogP contribution is -2.47. The summed E-state index contributed by atoms with van der Waals surface area (Å²) < 4.78 is 0. The van der Waals surface area contributed by atoms with E-state index in [1.54, 1.807) is 31.2 Å². The highest BCUT2D eigenvalue weighted by molar-refractivity contribution is 6.30. The van der Waals surface area contributed by atoms with E-state index >= 15 is 0 Å². The molecule has 1 aliphatic rings. The Kier molecular flexibility index (Phi) is 6.82. The van der Waals surface area contributed by atoms with E-state index in [2.05, 4.69) is 10.6 Å². The number of benzene rings is 1. The van der Waals surface area contributed by atoms with Crippen LogP contribution in [0.5, 0.6) is 0 Å². The Morgan fingerprint density at radius 1 is 1.16 bits per heavy atom. The van der Waals surface area contributed by atoms with Crippen LogP contribution in [0, 0.1) is 5.92 Å². The molecule has 25 heavy (non-hydrogen) atoms. The van der Waals surface area contributed by atoms with Crippen molar-refractivity contribution < 1.29 is 19.5 Å². The van der Waals surface area contributed by atoms with Crippen LogP contribution in [0.1, 0.15) is 50.6 Å². The molecule has 1 saturated carbocycles. The van der Waals surface area contributed by atoms with Gasteiger partial charge in [0.2, 0.25) is 11.8 Å². The SMILES string of the molecule is CC(NC(=O)C1CCCC1)C(=O)N[C@@H](CC(=O)O)c1ccc(Cl)cc1. The molecule has 2 atom stereocenters. The molecule has 1 aliphatic carbocycles. The van der Waals surface area contributed by atoms with Gasteiger partial charge in [-0.3, -0.25) is 14.4 Å². The fourth-order valence-corrected chi connectivity index (χ4v) is 3.13. The van der Waals surface area contributed by atoms with Crippen molar-refractivity contribution in [2.45, 2.75) is 51.1 Å². The van der Waals surface area contributed by atoms with Crippen LogP contribution < -0.4 is 10.6 Å². The largest absolute Gasteiger partial charge is 0.481 e. The highest BCUT2D eigenvalue weighted by atomic mass is 35.5. The summed E-state index contributed by atoms with van der Waals surface area (Å²) in [6.45, 7) is 1.60. The van der Waals surface area contributed by atoms with Gasteiger partial charge in [0.15, 0.2) is 0 Å². The van der Waals surface area contributed by atoms with Gasteiger partial charge in [-0.1, -0.05) is 36.6 Å². The van der Waals surface area contributed by atoms with Crippen LogP contribution in [0.2, 0.25) is 5.02 Å². The average molecular weight is 367 g/mol. The minimum atomic E-state index is -1.03. The Morgan fingerprint density at radius 2 is 1.76 bits per heavy atom. The Morgan fingerprint density at radius 3 is 2.32 bits per heavy atom. The molecular formula is C18H23ClN2O4. The van der Waals surface area contributed by atoms with E-state index in [0.717, 1.165) is 25.7 Å². The van der Waals surface area contributed by atoms with Crippen LogP contribution in [-0.4, -0.2) is 28.9 Å². The van der Waals surface area contributed by atoms with Gasteiger partial charge in [0, 0.05) is 10.9 Å². The summed E-state index contributed by atoms with van der Waals surface area (Å²) in [5.74, 6) is -1.57. The van der Waals surface area contributed by atoms with E-state index in [-0.39, 0.29) is 18.2 Å². The second-order valence-electron chi connectivity index (χ2n) is 6.42. The van der Waals surface area contributed by atoms with Crippen LogP contribution in [0.3, 0.4) is 0 Å². The van der Waals surface area contributed by atoms with Crippen molar-refractivity contribution in [2.75, 3.05) is 0 Å². The van der Waals surface area contributed by atoms with Crippen molar-refractivity contribution in [1.82, 2.24) is 10.6 Å². The molecule has 1 aromatic rings. The number of carboxylic acid groups (broad SMARTS) is 1. The van der Waals surface area contributed by atoms with Crippen molar-refractivity contribution in [1.29, 1.82) is 0 Å². The normalized spacial score (nSPS) is 16.9. The summed E-state index contributed by atoms with van der Waals surface area (Å²) in [5, 5.41) is 15.0. The number of amides is 2. The zero-order valence-corrected chi connectivity index (χ0v) is 14.9. The third-order valence-corrected chi connectivity index (χ3v) is 4.70. The zero-order valence-electron chi connectivity index (χ0n) is 14.1. The van der Waals surface area contributed by atoms with E-state index < -0.39 is 24.0 Å². The lowest BCUT2D eigenvalue weighted by atomic mass is 10.0. The Bertz CT molecular complexity index is 626. The molecule has 3 N–H and O–H groups in total. The number of hydrogen-bond donors (Lipinski definition) is 3. The van der Waals surface area contributed by atoms with Crippen molar-refractivity contribution in [2.24, 2.45) is 5.92 Å². The number of carbonyl (C=O) groups is 3. The van der Waals surface area contributed by atoms with Gasteiger partial charge >= 0.3 is 5.97 Å². The molecular weight excluding hydrogens is 344 g/mol. The maximum absolute atomic E-state index is 12.4. The van der Waals surface area contributed by atoms with E-state index in [0.29, 0.717) is 10.6 Å². The summed E-state index contributed by atoms with van der Waals surface area (Å²) in [7, 11) is 0. The fourth-order valence-electron chi connectivity index (χ4n) is 3.00. The topological polar surface area (TPSA) is 95.5 Å². The lowest BCUT2D eigenvalue weighted by Gasteiger charge is -2.22. The molecule has 2 amide bonds. The van der Waals surface area contributed by atoms with Gasteiger partial charge in [0.25, 0.3) is 0 Å². The standard InChI is InChI=1S/C18H23ClN2O4/c1-11(20-18(25)13-4-2-3-5-13)17(24)21-15(10-16(22)23)12-6-8-14(19)9-7-12/h6-9,11,13,15H,2-5,10H2,1H3,(H,20,25)(H,21,24)(H,22,23)/t11?,15-/m0/s1. The molecule has 1 aromatic carbocycles. The number of halogens is 1. The van der Waals surface area contributed by atoms with Crippen LogP contribution >= 0.6 is 11.6 Å². The number of aliphatic carboxylic acids is 1. The number of carboxylic acids is 1. The smallest absolute Gasteiger partial charge is 0.305 e. The molecule has 0 bridgehead atoms. The lowest BCUT2D eigenvalue weighted by molar-refractivity contribution is -0.138. The summed E-state index contributed by atoms with van der Waals surface area (Å²) in [5.41, 5.74) is 0.648. The van der Waals surface area contributed by atoms with Gasteiger partial charge in [-0.25, -0.2) is 0 Å². The average Bonchev–Trinajstić information content (AvgIpc) is 3.09. The number of carbonyl (C=O) groups excluding carboxylic acids is 2. The Hall–Kier alpha value is -2.08. The monoisotopic (exact) mass is 366 g/mol. The highest BCUT2D eigenvalue weighted by Crippen LogP contribution is 2.25. The van der Waals surface area contributed by atoms with Crippen LogP contribution in [0.25, 0.3) is 0 Å². The van der Waals surface area contributed by atoms with Gasteiger partial charge in [0.05, 0.1) is 12.5 Å². The fraction of sp³-hybridized carbons (Fsp3) is 0.500. The first-order chi connectivity index (χ1) is 11.9. The molecule has 2 rings (SSSR count). The van der Waals surface area contributed by atoms with Gasteiger partial charge in [-0.05, 0) is 37.5 Å². The third-order valence-electron chi connectivity index (χ3n) is 4.45. The van der Waals surface area contributed by atoms with Crippen LogP contribution in [-0.2, 0) is 14.4 Å². The predicted molar refractivity (Wildman–Crippen MR) is 94.2 cm³/mol. The molecule has 7 heteroatoms. The Labute approximate surface area is 151 Å². The van der Waals surface area contributed by atoms with Crippen molar-refractivity contribution in [3.8, 4) is 0 Å². The van der Waals surface area contributed by atoms with Crippen molar-refractivity contribution in [3.63, 3.8) is 0 Å². The molecule has 1 fully saturated rings. The first-order valence-electron chi connectivity index (χ1n) is 8.45. The second-order valence-corrected chi connectivity index (χ2v) is 6.86. The maximum Gasteiger partial charge on any atom is 0.305 e. The van der Waals surface area contributed by atoms with Gasteiger partial charge < -0.3 is 15.7 Å². The molecule has 0 aliphatic heterocycles. The minimum absolute atomic E-state index is 0.0265. The first kappa shape index (κ1) is 19.2. The summed E-state index contributed by atoms with van der Waals surface area (Å²) in [4.78, 5) is 35.6. The van der Waals surface area contributed by atoms with Crippen LogP contribution in [0.4, 0.5) is 0 Å². The predicted octanol–water partition coefficient (Wildman–Crippen LogP) is 2.67. The molecule has 1 unspecified atom stereocenters. The Balaban J connectivity index is 1.98. The van der Waals surface area contributed by atoms with E-state index in [4.69, 9.17) is 16.7 Å². The first-order valence-corrected chi connectivity index (χ1v) is 8.82. The van der Waals surface area contributed by atoms with E-state index in [9.17, 15) is 14.4 Å². The zero-order chi connectivity index (χ0) is 18.4. The van der Waals surface area contributed by atoms with Crippen molar-refractivity contribution >= 4 is 29.4 Å². The molecule has 0 saturated heterocycles. The summed E-state index contributed by atoms with van der Waals surface area (Å²) >= 11 is 5.85. The molecule has 0 radical (unpaired) electrons. The molecule has 0 spiro atoms. The number of hydrogen-bond acceptors (Lipinski definition) is 3. The minimum Gasteiger partial charge on any atom is -0.481 e. The van der Waals surface area contributed by atoms with E-state index in [1.165, 1.54) is 0 Å². The van der Waals surface area contributed by atoms with Gasteiger partial charge in [0.1, 0.15) is 6.04 Å². The third kappa shape index (κ3) is 5.74. The van der Waals surface area contributed by atoms with Gasteiger partial charge in [-0.2, -0.15) is 0 Å². The molecule has 0 heterocycles. The van der Waals surface area contributed by atoms with E-state index in [1.807, 2.05) is 0 Å². The number of nitrogens with one attached hydrogen (secondary N) is 2. The molecule has 136 valence electrons.